The summed E-state index contributed by atoms with van der Waals surface area (Å²) in [5, 5.41) is 3.07. The third-order valence-corrected chi connectivity index (χ3v) is 3.61. The van der Waals surface area contributed by atoms with Gasteiger partial charge in [0, 0.05) is 12.5 Å². The van der Waals surface area contributed by atoms with E-state index in [1.165, 1.54) is 7.11 Å². The van der Waals surface area contributed by atoms with E-state index in [0.29, 0.717) is 12.5 Å². The molecular weight excluding hydrogens is 230 g/mol. The molecule has 0 radical (unpaired) electrons. The molecule has 4 heteroatoms. The molecule has 0 aliphatic carbocycles. The largest absolute Gasteiger partial charge is 0.469 e. The number of unbranched alkanes of at least 4 members (excludes halogenated alkanes) is 1. The normalized spacial score (nSPS) is 21.9. The highest BCUT2D eigenvalue weighted by Crippen LogP contribution is 2.16. The first-order chi connectivity index (χ1) is 8.63. The monoisotopic (exact) mass is 255 g/mol. The van der Waals surface area contributed by atoms with Gasteiger partial charge >= 0.3 is 5.97 Å². The molecular formula is C14H25NO3. The lowest BCUT2D eigenvalue weighted by Crippen LogP contribution is -2.32. The minimum absolute atomic E-state index is 0.0151. The van der Waals surface area contributed by atoms with Crippen LogP contribution in [0, 0.1) is 5.92 Å². The van der Waals surface area contributed by atoms with E-state index in [1.807, 2.05) is 6.92 Å². The van der Waals surface area contributed by atoms with Gasteiger partial charge in [0.1, 0.15) is 0 Å². The number of amides is 1. The average molecular weight is 255 g/mol. The molecule has 1 saturated heterocycles. The molecule has 0 unspecified atom stereocenters. The second-order valence-corrected chi connectivity index (χ2v) is 5.22. The van der Waals surface area contributed by atoms with Gasteiger partial charge in [0.25, 0.3) is 0 Å². The summed E-state index contributed by atoms with van der Waals surface area (Å²) in [6.07, 6.45) is 7.90. The zero-order valence-electron chi connectivity index (χ0n) is 11.5. The molecule has 0 aromatic heterocycles. The number of carbonyl (C=O) groups is 2. The minimum atomic E-state index is -0.127. The Kier molecular flexibility index (Phi) is 6.76. The van der Waals surface area contributed by atoms with Crippen molar-refractivity contribution in [2.24, 2.45) is 5.92 Å². The van der Waals surface area contributed by atoms with Gasteiger partial charge in [-0.05, 0) is 25.7 Å². The van der Waals surface area contributed by atoms with Gasteiger partial charge in [-0.2, -0.15) is 0 Å². The summed E-state index contributed by atoms with van der Waals surface area (Å²) in [7, 11) is 1.43. The fourth-order valence-electron chi connectivity index (χ4n) is 2.43. The first-order valence-electron chi connectivity index (χ1n) is 7.00. The Morgan fingerprint density at radius 3 is 2.94 bits per heavy atom. The molecule has 0 aromatic carbocycles. The first-order valence-corrected chi connectivity index (χ1v) is 7.00. The van der Waals surface area contributed by atoms with Crippen LogP contribution in [0.5, 0.6) is 0 Å². The van der Waals surface area contributed by atoms with Crippen LogP contribution in [0.2, 0.25) is 0 Å². The standard InChI is InChI=1S/C14H25NO3/c1-11(14(17)18-2)7-3-4-8-12-9-5-6-10-13(16)15-12/h11-12H,3-10H2,1-2H3,(H,15,16)/t11-,12-/m0/s1. The topological polar surface area (TPSA) is 55.4 Å². The summed E-state index contributed by atoms with van der Waals surface area (Å²) in [4.78, 5) is 22.6. The number of rotatable bonds is 6. The number of ether oxygens (including phenoxy) is 1. The Balaban J connectivity index is 2.13. The summed E-state index contributed by atoms with van der Waals surface area (Å²) in [5.41, 5.74) is 0. The third kappa shape index (κ3) is 5.52. The molecule has 1 aliphatic rings. The van der Waals surface area contributed by atoms with Gasteiger partial charge in [0.05, 0.1) is 13.0 Å². The van der Waals surface area contributed by atoms with Crippen molar-refractivity contribution in [2.45, 2.75) is 64.3 Å². The number of methoxy groups -OCH3 is 1. The predicted octanol–water partition coefficient (Wildman–Crippen LogP) is 2.41. The van der Waals surface area contributed by atoms with Crippen molar-refractivity contribution in [2.75, 3.05) is 7.11 Å². The minimum Gasteiger partial charge on any atom is -0.469 e. The van der Waals surface area contributed by atoms with Gasteiger partial charge in [0.2, 0.25) is 5.91 Å². The maximum absolute atomic E-state index is 11.4. The van der Waals surface area contributed by atoms with E-state index in [-0.39, 0.29) is 17.8 Å². The van der Waals surface area contributed by atoms with E-state index in [1.54, 1.807) is 0 Å². The second-order valence-electron chi connectivity index (χ2n) is 5.22. The van der Waals surface area contributed by atoms with Crippen LogP contribution in [0.1, 0.15) is 58.3 Å². The highest BCUT2D eigenvalue weighted by atomic mass is 16.5. The Bertz CT molecular complexity index is 278. The van der Waals surface area contributed by atoms with Gasteiger partial charge in [-0.3, -0.25) is 9.59 Å². The SMILES string of the molecule is COC(=O)[C@@H](C)CCCC[C@H]1CCCCC(=O)N1. The van der Waals surface area contributed by atoms with Crippen LogP contribution < -0.4 is 5.32 Å². The highest BCUT2D eigenvalue weighted by molar-refractivity contribution is 5.76. The van der Waals surface area contributed by atoms with Crippen LogP contribution in [-0.2, 0) is 14.3 Å². The molecule has 1 heterocycles. The van der Waals surface area contributed by atoms with Crippen LogP contribution in [0.4, 0.5) is 0 Å². The highest BCUT2D eigenvalue weighted by Gasteiger charge is 2.16. The summed E-state index contributed by atoms with van der Waals surface area (Å²) in [5.74, 6) is 0.0527. The smallest absolute Gasteiger partial charge is 0.308 e. The van der Waals surface area contributed by atoms with E-state index in [0.717, 1.165) is 44.9 Å². The zero-order chi connectivity index (χ0) is 13.4. The number of carbonyl (C=O) groups excluding carboxylic acids is 2. The number of esters is 1. The Morgan fingerprint density at radius 1 is 1.44 bits per heavy atom. The molecule has 4 nitrogen and oxygen atoms in total. The quantitative estimate of drug-likeness (QED) is 0.586. The molecule has 0 spiro atoms. The summed E-state index contributed by atoms with van der Waals surface area (Å²) in [6.45, 7) is 1.90. The van der Waals surface area contributed by atoms with Crippen molar-refractivity contribution in [3.05, 3.63) is 0 Å². The van der Waals surface area contributed by atoms with E-state index >= 15 is 0 Å². The molecule has 0 aromatic rings. The van der Waals surface area contributed by atoms with Crippen molar-refractivity contribution in [3.8, 4) is 0 Å². The number of hydrogen-bond donors (Lipinski definition) is 1. The first kappa shape index (κ1) is 15.0. The Labute approximate surface area is 109 Å². The zero-order valence-corrected chi connectivity index (χ0v) is 11.5. The fourth-order valence-corrected chi connectivity index (χ4v) is 2.43. The van der Waals surface area contributed by atoms with E-state index < -0.39 is 0 Å². The maximum atomic E-state index is 11.4. The van der Waals surface area contributed by atoms with Gasteiger partial charge in [-0.15, -0.1) is 0 Å². The predicted molar refractivity (Wildman–Crippen MR) is 70.0 cm³/mol. The lowest BCUT2D eigenvalue weighted by Gasteiger charge is -2.16. The van der Waals surface area contributed by atoms with Crippen LogP contribution in [0.3, 0.4) is 0 Å². The van der Waals surface area contributed by atoms with Crippen LogP contribution in [0.25, 0.3) is 0 Å². The van der Waals surface area contributed by atoms with E-state index in [2.05, 4.69) is 5.32 Å². The van der Waals surface area contributed by atoms with Crippen LogP contribution in [0.15, 0.2) is 0 Å². The van der Waals surface area contributed by atoms with Crippen molar-refractivity contribution in [3.63, 3.8) is 0 Å². The van der Waals surface area contributed by atoms with E-state index in [4.69, 9.17) is 4.74 Å². The third-order valence-electron chi connectivity index (χ3n) is 3.61. The lowest BCUT2D eigenvalue weighted by molar-refractivity contribution is -0.145. The molecule has 18 heavy (non-hydrogen) atoms. The summed E-state index contributed by atoms with van der Waals surface area (Å²) < 4.78 is 4.69. The average Bonchev–Trinajstić information content (AvgIpc) is 2.57. The summed E-state index contributed by atoms with van der Waals surface area (Å²) >= 11 is 0. The summed E-state index contributed by atoms with van der Waals surface area (Å²) in [6, 6.07) is 0.341. The maximum Gasteiger partial charge on any atom is 0.308 e. The Morgan fingerprint density at radius 2 is 2.22 bits per heavy atom. The molecule has 0 saturated carbocycles. The molecule has 104 valence electrons. The van der Waals surface area contributed by atoms with Crippen molar-refractivity contribution in [1.82, 2.24) is 5.32 Å². The molecule has 1 fully saturated rings. The second kappa shape index (κ2) is 8.11. The lowest BCUT2D eigenvalue weighted by atomic mass is 9.99. The number of hydrogen-bond acceptors (Lipinski definition) is 3. The van der Waals surface area contributed by atoms with Gasteiger partial charge in [0.15, 0.2) is 0 Å². The van der Waals surface area contributed by atoms with Gasteiger partial charge in [-0.1, -0.05) is 26.2 Å². The molecule has 1 rings (SSSR count). The van der Waals surface area contributed by atoms with Gasteiger partial charge in [-0.25, -0.2) is 0 Å². The van der Waals surface area contributed by atoms with Crippen LogP contribution >= 0.6 is 0 Å². The molecule has 1 aliphatic heterocycles. The molecule has 1 N–H and O–H groups in total. The molecule has 2 atom stereocenters. The number of nitrogens with one attached hydrogen (secondary N) is 1. The molecule has 0 bridgehead atoms. The molecule has 1 amide bonds. The van der Waals surface area contributed by atoms with Gasteiger partial charge < -0.3 is 10.1 Å². The van der Waals surface area contributed by atoms with Crippen molar-refractivity contribution < 1.29 is 14.3 Å². The van der Waals surface area contributed by atoms with Crippen molar-refractivity contribution >= 4 is 11.9 Å². The fraction of sp³-hybridized carbons (Fsp3) is 0.857. The van der Waals surface area contributed by atoms with Crippen molar-refractivity contribution in [1.29, 1.82) is 0 Å². The Hall–Kier alpha value is -1.06. The van der Waals surface area contributed by atoms with E-state index in [9.17, 15) is 9.59 Å². The van der Waals surface area contributed by atoms with Crippen LogP contribution in [-0.4, -0.2) is 25.0 Å².